The number of piperidine rings is 1. The van der Waals surface area contributed by atoms with Crippen molar-refractivity contribution in [1.29, 1.82) is 0 Å². The van der Waals surface area contributed by atoms with Gasteiger partial charge in [0.1, 0.15) is 5.76 Å². The number of benzene rings is 1. The molecule has 3 aromatic rings. The molecule has 5 rings (SSSR count). The number of methoxy groups -OCH3 is 1. The van der Waals surface area contributed by atoms with Gasteiger partial charge in [0.05, 0.1) is 19.9 Å². The highest BCUT2D eigenvalue weighted by molar-refractivity contribution is 5.95. The Hall–Kier alpha value is -3.75. The second-order valence-electron chi connectivity index (χ2n) is 7.70. The zero-order valence-electron chi connectivity index (χ0n) is 17.8. The number of fused-ring (bicyclic) bond motifs is 1. The van der Waals surface area contributed by atoms with Crippen LogP contribution >= 0.6 is 0 Å². The molecule has 0 spiro atoms. The third kappa shape index (κ3) is 4.05. The molecule has 4 heterocycles. The van der Waals surface area contributed by atoms with Gasteiger partial charge in [0.2, 0.25) is 18.6 Å². The third-order valence-corrected chi connectivity index (χ3v) is 5.80. The van der Waals surface area contributed by atoms with Crippen LogP contribution in [0.15, 0.2) is 53.3 Å². The van der Waals surface area contributed by atoms with Crippen molar-refractivity contribution in [3.63, 3.8) is 0 Å². The number of hydrogen-bond acceptors (Lipinski definition) is 8. The summed E-state index contributed by atoms with van der Waals surface area (Å²) in [6.07, 6.45) is 4.90. The summed E-state index contributed by atoms with van der Waals surface area (Å²) in [6, 6.07) is 10.8. The van der Waals surface area contributed by atoms with E-state index in [2.05, 4.69) is 14.9 Å². The van der Waals surface area contributed by atoms with Gasteiger partial charge in [-0.05, 0) is 43.2 Å². The summed E-state index contributed by atoms with van der Waals surface area (Å²) >= 11 is 0. The van der Waals surface area contributed by atoms with Crippen LogP contribution < -0.4 is 19.1 Å². The van der Waals surface area contributed by atoms with Crippen LogP contribution in [0, 0.1) is 0 Å². The van der Waals surface area contributed by atoms with Crippen molar-refractivity contribution in [2.24, 2.45) is 0 Å². The molecule has 9 nitrogen and oxygen atoms in total. The standard InChI is InChI=1S/C23H24N4O5/c1-29-21-6-9-24-23(25-21)26-10-7-17(8-11-26)27(14-18-3-2-12-30-18)22(28)16-4-5-19-20(13-16)32-15-31-19/h2-6,9,12-13,17H,7-8,10-11,14-15H2,1H3. The van der Waals surface area contributed by atoms with Crippen molar-refractivity contribution in [1.82, 2.24) is 14.9 Å². The van der Waals surface area contributed by atoms with E-state index in [1.54, 1.807) is 43.8 Å². The molecule has 166 valence electrons. The van der Waals surface area contributed by atoms with Crippen molar-refractivity contribution in [2.45, 2.75) is 25.4 Å². The minimum atomic E-state index is -0.0595. The highest BCUT2D eigenvalue weighted by Gasteiger charge is 2.31. The number of furan rings is 1. The van der Waals surface area contributed by atoms with E-state index in [0.29, 0.717) is 35.4 Å². The summed E-state index contributed by atoms with van der Waals surface area (Å²) in [4.78, 5) is 26.4. The maximum absolute atomic E-state index is 13.5. The van der Waals surface area contributed by atoms with E-state index in [9.17, 15) is 4.79 Å². The number of aromatic nitrogens is 2. The molecule has 2 aliphatic heterocycles. The monoisotopic (exact) mass is 436 g/mol. The van der Waals surface area contributed by atoms with Crippen LogP contribution in [-0.4, -0.2) is 53.8 Å². The Balaban J connectivity index is 1.34. The maximum atomic E-state index is 13.5. The van der Waals surface area contributed by atoms with Crippen molar-refractivity contribution >= 4 is 11.9 Å². The largest absolute Gasteiger partial charge is 0.481 e. The molecular weight excluding hydrogens is 412 g/mol. The van der Waals surface area contributed by atoms with Crippen molar-refractivity contribution in [3.8, 4) is 17.4 Å². The van der Waals surface area contributed by atoms with Crippen LogP contribution in [0.5, 0.6) is 17.4 Å². The first-order valence-corrected chi connectivity index (χ1v) is 10.6. The Labute approximate surface area is 185 Å². The number of ether oxygens (including phenoxy) is 3. The van der Waals surface area contributed by atoms with Crippen LogP contribution in [0.3, 0.4) is 0 Å². The molecule has 0 unspecified atom stereocenters. The minimum Gasteiger partial charge on any atom is -0.481 e. The second-order valence-corrected chi connectivity index (χ2v) is 7.70. The van der Waals surface area contributed by atoms with Gasteiger partial charge in [0, 0.05) is 37.0 Å². The lowest BCUT2D eigenvalue weighted by Gasteiger charge is -2.38. The van der Waals surface area contributed by atoms with Gasteiger partial charge >= 0.3 is 0 Å². The molecule has 0 saturated carbocycles. The summed E-state index contributed by atoms with van der Waals surface area (Å²) in [5, 5.41) is 0. The van der Waals surface area contributed by atoms with Gasteiger partial charge in [-0.2, -0.15) is 4.98 Å². The predicted molar refractivity (Wildman–Crippen MR) is 115 cm³/mol. The highest BCUT2D eigenvalue weighted by Crippen LogP contribution is 2.33. The lowest BCUT2D eigenvalue weighted by Crippen LogP contribution is -2.47. The molecule has 1 aromatic carbocycles. The fourth-order valence-electron chi connectivity index (χ4n) is 4.11. The number of rotatable bonds is 6. The fraction of sp³-hybridized carbons (Fsp3) is 0.348. The molecule has 0 aliphatic carbocycles. The topological polar surface area (TPSA) is 90.2 Å². The quantitative estimate of drug-likeness (QED) is 0.582. The number of hydrogen-bond donors (Lipinski definition) is 0. The highest BCUT2D eigenvalue weighted by atomic mass is 16.7. The van der Waals surface area contributed by atoms with Crippen LogP contribution in [0.4, 0.5) is 5.95 Å². The summed E-state index contributed by atoms with van der Waals surface area (Å²) in [5.74, 6) is 3.12. The zero-order valence-corrected chi connectivity index (χ0v) is 17.8. The molecule has 0 atom stereocenters. The van der Waals surface area contributed by atoms with Gasteiger partial charge in [0.25, 0.3) is 5.91 Å². The molecule has 2 aliphatic rings. The number of carbonyl (C=O) groups excluding carboxylic acids is 1. The lowest BCUT2D eigenvalue weighted by atomic mass is 10.0. The van der Waals surface area contributed by atoms with E-state index >= 15 is 0 Å². The van der Waals surface area contributed by atoms with Gasteiger partial charge < -0.3 is 28.4 Å². The Morgan fingerprint density at radius 3 is 2.81 bits per heavy atom. The molecule has 0 N–H and O–H groups in total. The molecule has 1 saturated heterocycles. The van der Waals surface area contributed by atoms with E-state index in [0.717, 1.165) is 31.7 Å². The summed E-state index contributed by atoms with van der Waals surface area (Å²) in [6.45, 7) is 2.05. The zero-order chi connectivity index (χ0) is 21.9. The van der Waals surface area contributed by atoms with Crippen molar-refractivity contribution < 1.29 is 23.4 Å². The van der Waals surface area contributed by atoms with Crippen LogP contribution in [0.25, 0.3) is 0 Å². The molecule has 1 fully saturated rings. The average Bonchev–Trinajstić information content (AvgIpc) is 3.54. The van der Waals surface area contributed by atoms with Crippen LogP contribution in [0.2, 0.25) is 0 Å². The van der Waals surface area contributed by atoms with Gasteiger partial charge in [0.15, 0.2) is 11.5 Å². The minimum absolute atomic E-state index is 0.0554. The Morgan fingerprint density at radius 2 is 2.03 bits per heavy atom. The van der Waals surface area contributed by atoms with Crippen LogP contribution in [0.1, 0.15) is 29.0 Å². The maximum Gasteiger partial charge on any atom is 0.254 e. The first kappa shape index (κ1) is 20.2. The van der Waals surface area contributed by atoms with Crippen LogP contribution in [-0.2, 0) is 6.54 Å². The molecular formula is C23H24N4O5. The SMILES string of the molecule is COc1ccnc(N2CCC(N(Cc3ccco3)C(=O)c3ccc4c(c3)OCO4)CC2)n1. The fourth-order valence-corrected chi connectivity index (χ4v) is 4.11. The van der Waals surface area contributed by atoms with E-state index in [4.69, 9.17) is 18.6 Å². The number of carbonyl (C=O) groups is 1. The Morgan fingerprint density at radius 1 is 1.19 bits per heavy atom. The number of anilines is 1. The lowest BCUT2D eigenvalue weighted by molar-refractivity contribution is 0.0613. The summed E-state index contributed by atoms with van der Waals surface area (Å²) in [5.41, 5.74) is 0.569. The van der Waals surface area contributed by atoms with E-state index in [1.165, 1.54) is 0 Å². The first-order chi connectivity index (χ1) is 15.7. The second kappa shape index (κ2) is 8.78. The van der Waals surface area contributed by atoms with Gasteiger partial charge in [-0.3, -0.25) is 4.79 Å². The van der Waals surface area contributed by atoms with Gasteiger partial charge in [-0.1, -0.05) is 0 Å². The summed E-state index contributed by atoms with van der Waals surface area (Å²) in [7, 11) is 1.59. The first-order valence-electron chi connectivity index (χ1n) is 10.6. The van der Waals surface area contributed by atoms with Crippen molar-refractivity contribution in [2.75, 3.05) is 31.9 Å². The summed E-state index contributed by atoms with van der Waals surface area (Å²) < 4.78 is 21.6. The smallest absolute Gasteiger partial charge is 0.254 e. The third-order valence-electron chi connectivity index (χ3n) is 5.80. The number of amides is 1. The Bertz CT molecular complexity index is 1080. The normalized spacial score (nSPS) is 15.6. The van der Waals surface area contributed by atoms with Gasteiger partial charge in [-0.15, -0.1) is 0 Å². The predicted octanol–water partition coefficient (Wildman–Crippen LogP) is 3.12. The molecule has 0 radical (unpaired) electrons. The van der Waals surface area contributed by atoms with Gasteiger partial charge in [-0.25, -0.2) is 4.98 Å². The van der Waals surface area contributed by atoms with E-state index < -0.39 is 0 Å². The Kier molecular flexibility index (Phi) is 5.53. The van der Waals surface area contributed by atoms with E-state index in [-0.39, 0.29) is 18.7 Å². The average molecular weight is 436 g/mol. The van der Waals surface area contributed by atoms with E-state index in [1.807, 2.05) is 17.0 Å². The molecule has 32 heavy (non-hydrogen) atoms. The molecule has 2 aromatic heterocycles. The van der Waals surface area contributed by atoms with Crippen molar-refractivity contribution in [3.05, 3.63) is 60.2 Å². The molecule has 9 heteroatoms. The molecule has 0 bridgehead atoms. The number of nitrogens with zero attached hydrogens (tertiary/aromatic N) is 4. The molecule has 1 amide bonds.